The monoisotopic (exact) mass is 363 g/mol. The smallest absolute Gasteiger partial charge is 0.174 e. The van der Waals surface area contributed by atoms with E-state index in [9.17, 15) is 0 Å². The predicted octanol–water partition coefficient (Wildman–Crippen LogP) is 4.29. The van der Waals surface area contributed by atoms with E-state index in [2.05, 4.69) is 73.5 Å². The van der Waals surface area contributed by atoms with Gasteiger partial charge in [-0.1, -0.05) is 0 Å². The zero-order valence-corrected chi connectivity index (χ0v) is 13.1. The first-order chi connectivity index (χ1) is 7.39. The van der Waals surface area contributed by atoms with Crippen LogP contribution in [-0.2, 0) is 5.54 Å². The van der Waals surface area contributed by atoms with Gasteiger partial charge in [0.2, 0.25) is 0 Å². The molecule has 2 heterocycles. The van der Waals surface area contributed by atoms with E-state index < -0.39 is 0 Å². The number of hydrogen-bond acceptors (Lipinski definition) is 3. The lowest BCUT2D eigenvalue weighted by atomic mass is 10.1. The number of nitrogens with zero attached hydrogens (tertiary/aromatic N) is 3. The van der Waals surface area contributed by atoms with Gasteiger partial charge >= 0.3 is 0 Å². The second-order valence-corrected chi connectivity index (χ2v) is 7.65. The van der Waals surface area contributed by atoms with Crippen LogP contribution in [0.3, 0.4) is 0 Å². The number of thiophene rings is 1. The van der Waals surface area contributed by atoms with E-state index >= 15 is 0 Å². The van der Waals surface area contributed by atoms with Crippen molar-refractivity contribution in [2.24, 2.45) is 0 Å². The molecule has 0 aromatic carbocycles. The molecule has 0 N–H and O–H groups in total. The van der Waals surface area contributed by atoms with Gasteiger partial charge in [0.15, 0.2) is 5.82 Å². The maximum Gasteiger partial charge on any atom is 0.174 e. The Morgan fingerprint density at radius 2 is 2.00 bits per heavy atom. The van der Waals surface area contributed by atoms with Crippen molar-refractivity contribution in [3.63, 3.8) is 0 Å². The van der Waals surface area contributed by atoms with Gasteiger partial charge in [-0.25, -0.2) is 0 Å². The lowest BCUT2D eigenvalue weighted by Gasteiger charge is -2.21. The van der Waals surface area contributed by atoms with Crippen molar-refractivity contribution < 1.29 is 0 Å². The van der Waals surface area contributed by atoms with Crippen molar-refractivity contribution in [1.82, 2.24) is 14.8 Å². The molecule has 0 fully saturated rings. The predicted molar refractivity (Wildman–Crippen MR) is 73.7 cm³/mol. The van der Waals surface area contributed by atoms with Crippen LogP contribution >= 0.6 is 43.2 Å². The molecule has 0 aliphatic carbocycles. The van der Waals surface area contributed by atoms with Gasteiger partial charge < -0.3 is 4.57 Å². The Balaban J connectivity index is 2.53. The molecule has 0 unspecified atom stereocenters. The van der Waals surface area contributed by atoms with Crippen molar-refractivity contribution in [3.05, 3.63) is 20.7 Å². The van der Waals surface area contributed by atoms with Crippen LogP contribution in [0.25, 0.3) is 10.7 Å². The van der Waals surface area contributed by atoms with E-state index in [4.69, 9.17) is 0 Å². The van der Waals surface area contributed by atoms with Gasteiger partial charge in [0, 0.05) is 10.0 Å². The quantitative estimate of drug-likeness (QED) is 0.755. The minimum Gasteiger partial charge on any atom is -0.308 e. The standard InChI is InChI=1S/C10H11Br2N3S/c1-10(2,3)15-5-13-14-9(15)7-4-6(11)8(12)16-7/h4-5H,1-3H3. The molecule has 2 aromatic rings. The number of rotatable bonds is 1. The van der Waals surface area contributed by atoms with Gasteiger partial charge in [-0.2, -0.15) is 0 Å². The summed E-state index contributed by atoms with van der Waals surface area (Å²) in [4.78, 5) is 1.10. The second kappa shape index (κ2) is 4.23. The minimum absolute atomic E-state index is 0.0121. The van der Waals surface area contributed by atoms with Crippen LogP contribution in [0.2, 0.25) is 0 Å². The summed E-state index contributed by atoms with van der Waals surface area (Å²) in [5.41, 5.74) is -0.0121. The first-order valence-corrected chi connectivity index (χ1v) is 7.15. The lowest BCUT2D eigenvalue weighted by Crippen LogP contribution is -2.21. The summed E-state index contributed by atoms with van der Waals surface area (Å²) in [7, 11) is 0. The third-order valence-electron chi connectivity index (χ3n) is 2.14. The van der Waals surface area contributed by atoms with Crippen LogP contribution in [0, 0.1) is 0 Å². The van der Waals surface area contributed by atoms with Crippen LogP contribution < -0.4 is 0 Å². The molecule has 0 spiro atoms. The minimum atomic E-state index is -0.0121. The first kappa shape index (κ1) is 12.3. The molecule has 0 atom stereocenters. The molecule has 0 aliphatic heterocycles. The van der Waals surface area contributed by atoms with Crippen LogP contribution in [0.4, 0.5) is 0 Å². The molecule has 0 amide bonds. The summed E-state index contributed by atoms with van der Waals surface area (Å²) in [6, 6.07) is 2.06. The molecule has 6 heteroatoms. The summed E-state index contributed by atoms with van der Waals surface area (Å²) in [5, 5.41) is 8.18. The Hall–Kier alpha value is -0.200. The maximum absolute atomic E-state index is 4.19. The normalized spacial score (nSPS) is 12.1. The van der Waals surface area contributed by atoms with Gasteiger partial charge in [0.1, 0.15) is 6.33 Å². The maximum atomic E-state index is 4.19. The SMILES string of the molecule is CC(C)(C)n1cnnc1-c1cc(Br)c(Br)s1. The molecular weight excluding hydrogens is 354 g/mol. The van der Waals surface area contributed by atoms with Gasteiger partial charge in [0.05, 0.1) is 8.66 Å². The van der Waals surface area contributed by atoms with Crippen LogP contribution in [0.1, 0.15) is 20.8 Å². The van der Waals surface area contributed by atoms with Crippen molar-refractivity contribution in [2.75, 3.05) is 0 Å². The molecule has 3 nitrogen and oxygen atoms in total. The topological polar surface area (TPSA) is 30.7 Å². The molecule has 0 saturated heterocycles. The Bertz CT molecular complexity index is 491. The molecule has 16 heavy (non-hydrogen) atoms. The highest BCUT2D eigenvalue weighted by Gasteiger charge is 2.20. The van der Waals surface area contributed by atoms with Crippen molar-refractivity contribution >= 4 is 43.2 Å². The lowest BCUT2D eigenvalue weighted by molar-refractivity contribution is 0.400. The highest BCUT2D eigenvalue weighted by Crippen LogP contribution is 2.38. The van der Waals surface area contributed by atoms with Gasteiger partial charge in [0.25, 0.3) is 0 Å². The zero-order chi connectivity index (χ0) is 11.9. The summed E-state index contributed by atoms with van der Waals surface area (Å²) < 4.78 is 4.21. The molecule has 2 aromatic heterocycles. The summed E-state index contributed by atoms with van der Waals surface area (Å²) >= 11 is 8.62. The number of aromatic nitrogens is 3. The molecular formula is C10H11Br2N3S. The average Bonchev–Trinajstić information content (AvgIpc) is 2.72. The van der Waals surface area contributed by atoms with Gasteiger partial charge in [-0.3, -0.25) is 0 Å². The number of hydrogen-bond donors (Lipinski definition) is 0. The fourth-order valence-corrected chi connectivity index (χ4v) is 3.37. The Kier molecular flexibility index (Phi) is 3.25. The number of halogens is 2. The molecule has 0 radical (unpaired) electrons. The molecule has 0 bridgehead atoms. The summed E-state index contributed by atoms with van der Waals surface area (Å²) in [6.45, 7) is 6.41. The Morgan fingerprint density at radius 3 is 2.50 bits per heavy atom. The van der Waals surface area contributed by atoms with E-state index in [1.54, 1.807) is 17.7 Å². The molecule has 86 valence electrons. The van der Waals surface area contributed by atoms with Crippen molar-refractivity contribution in [1.29, 1.82) is 0 Å². The van der Waals surface area contributed by atoms with Crippen LogP contribution in [0.5, 0.6) is 0 Å². The third-order valence-corrected chi connectivity index (χ3v) is 5.39. The molecule has 0 saturated carbocycles. The Morgan fingerprint density at radius 1 is 1.31 bits per heavy atom. The molecule has 2 rings (SSSR count). The van der Waals surface area contributed by atoms with Gasteiger partial charge in [-0.15, -0.1) is 21.5 Å². The van der Waals surface area contributed by atoms with E-state index in [0.29, 0.717) is 0 Å². The Labute approximate surface area is 115 Å². The van der Waals surface area contributed by atoms with Gasteiger partial charge in [-0.05, 0) is 58.7 Å². The molecule has 0 aliphatic rings. The highest BCUT2D eigenvalue weighted by molar-refractivity contribution is 9.13. The zero-order valence-electron chi connectivity index (χ0n) is 9.16. The van der Waals surface area contributed by atoms with E-state index in [-0.39, 0.29) is 5.54 Å². The first-order valence-electron chi connectivity index (χ1n) is 4.75. The largest absolute Gasteiger partial charge is 0.308 e. The highest BCUT2D eigenvalue weighted by atomic mass is 79.9. The third kappa shape index (κ3) is 2.24. The van der Waals surface area contributed by atoms with Crippen molar-refractivity contribution in [2.45, 2.75) is 26.3 Å². The fraction of sp³-hybridized carbons (Fsp3) is 0.400. The van der Waals surface area contributed by atoms with Crippen LogP contribution in [0.15, 0.2) is 20.7 Å². The van der Waals surface area contributed by atoms with Crippen LogP contribution in [-0.4, -0.2) is 14.8 Å². The summed E-state index contributed by atoms with van der Waals surface area (Å²) in [5.74, 6) is 0.906. The fourth-order valence-electron chi connectivity index (χ4n) is 1.35. The summed E-state index contributed by atoms with van der Waals surface area (Å²) in [6.07, 6.45) is 1.77. The van der Waals surface area contributed by atoms with E-state index in [1.165, 1.54) is 0 Å². The van der Waals surface area contributed by atoms with Crippen molar-refractivity contribution in [3.8, 4) is 10.7 Å². The van der Waals surface area contributed by atoms with E-state index in [1.807, 2.05) is 0 Å². The van der Waals surface area contributed by atoms with E-state index in [0.717, 1.165) is 19.0 Å². The average molecular weight is 365 g/mol. The second-order valence-electron chi connectivity index (χ2n) is 4.43.